The third-order valence-electron chi connectivity index (χ3n) is 2.50. The van der Waals surface area contributed by atoms with Gasteiger partial charge in [-0.25, -0.2) is 4.79 Å². The molecule has 8 heteroatoms. The van der Waals surface area contributed by atoms with Gasteiger partial charge in [0.15, 0.2) is 11.6 Å². The smallest absolute Gasteiger partial charge is 0.412 e. The fourth-order valence-electron chi connectivity index (χ4n) is 1.54. The van der Waals surface area contributed by atoms with Gasteiger partial charge in [-0.15, -0.1) is 10.2 Å². The minimum atomic E-state index is -0.610. The average molecular weight is 309 g/mol. The molecule has 0 fully saturated rings. The van der Waals surface area contributed by atoms with E-state index in [1.54, 1.807) is 37.4 Å². The molecule has 2 aromatic rings. The molecule has 1 aromatic carbocycles. The van der Waals surface area contributed by atoms with Crippen molar-refractivity contribution in [3.05, 3.63) is 35.4 Å². The van der Waals surface area contributed by atoms with E-state index in [-0.39, 0.29) is 5.82 Å². The number of nitrogens with one attached hydrogen (secondary N) is 2. The first-order chi connectivity index (χ1) is 10.1. The maximum Gasteiger partial charge on any atom is 0.412 e. The van der Waals surface area contributed by atoms with E-state index in [9.17, 15) is 4.79 Å². The summed E-state index contributed by atoms with van der Waals surface area (Å²) in [6.45, 7) is 0. The maximum atomic E-state index is 11.0. The second-order valence-corrected chi connectivity index (χ2v) is 4.33. The Morgan fingerprint density at radius 3 is 2.48 bits per heavy atom. The summed E-state index contributed by atoms with van der Waals surface area (Å²) in [5.74, 6) is 1.38. The first-order valence-electron chi connectivity index (χ1n) is 5.91. The highest BCUT2D eigenvalue weighted by molar-refractivity contribution is 6.31. The molecule has 1 heterocycles. The number of carbonyl (C=O) groups excluding carboxylic acids is 1. The molecule has 7 nitrogen and oxygen atoms in total. The Hall–Kier alpha value is -2.54. The summed E-state index contributed by atoms with van der Waals surface area (Å²) in [6.07, 6.45) is -0.610. The maximum absolute atomic E-state index is 11.0. The lowest BCUT2D eigenvalue weighted by Crippen LogP contribution is -2.12. The Labute approximate surface area is 126 Å². The number of halogens is 1. The highest BCUT2D eigenvalue weighted by Crippen LogP contribution is 2.29. The van der Waals surface area contributed by atoms with E-state index in [0.717, 1.165) is 0 Å². The largest absolute Gasteiger partial charge is 0.495 e. The second-order valence-electron chi connectivity index (χ2n) is 3.89. The van der Waals surface area contributed by atoms with Crippen molar-refractivity contribution in [3.8, 4) is 5.75 Å². The summed E-state index contributed by atoms with van der Waals surface area (Å²) in [5.41, 5.74) is 0.660. The van der Waals surface area contributed by atoms with Crippen molar-refractivity contribution in [2.75, 3.05) is 24.9 Å². The van der Waals surface area contributed by atoms with Crippen molar-refractivity contribution in [3.63, 3.8) is 0 Å². The van der Waals surface area contributed by atoms with Gasteiger partial charge in [0.25, 0.3) is 0 Å². The summed E-state index contributed by atoms with van der Waals surface area (Å²) >= 11 is 5.95. The first kappa shape index (κ1) is 14.9. The van der Waals surface area contributed by atoms with Crippen molar-refractivity contribution in [1.82, 2.24) is 10.2 Å². The number of carbonyl (C=O) groups is 1. The van der Waals surface area contributed by atoms with E-state index in [2.05, 4.69) is 25.6 Å². The summed E-state index contributed by atoms with van der Waals surface area (Å²) in [5, 5.41) is 13.8. The van der Waals surface area contributed by atoms with Crippen LogP contribution in [0.15, 0.2) is 30.3 Å². The van der Waals surface area contributed by atoms with Gasteiger partial charge in [0.05, 0.1) is 19.9 Å². The normalized spacial score (nSPS) is 9.86. The number of ether oxygens (including phenoxy) is 2. The number of anilines is 3. The molecule has 0 aliphatic carbocycles. The van der Waals surface area contributed by atoms with Gasteiger partial charge in [-0.3, -0.25) is 5.32 Å². The third-order valence-corrected chi connectivity index (χ3v) is 2.74. The zero-order chi connectivity index (χ0) is 15.2. The lowest BCUT2D eigenvalue weighted by Gasteiger charge is -2.10. The number of benzene rings is 1. The predicted molar refractivity (Wildman–Crippen MR) is 79.3 cm³/mol. The average Bonchev–Trinajstić information content (AvgIpc) is 2.49. The summed E-state index contributed by atoms with van der Waals surface area (Å²) in [6, 6.07) is 8.41. The van der Waals surface area contributed by atoms with Crippen molar-refractivity contribution < 1.29 is 14.3 Å². The van der Waals surface area contributed by atoms with Crippen LogP contribution in [0.2, 0.25) is 5.02 Å². The molecule has 0 saturated heterocycles. The SMILES string of the molecule is COC(=O)Nc1ccc(Nc2cc(Cl)ccc2OC)nn1. The molecule has 0 spiro atoms. The number of nitrogens with zero attached hydrogens (tertiary/aromatic N) is 2. The lowest BCUT2D eigenvalue weighted by atomic mass is 10.3. The summed E-state index contributed by atoms with van der Waals surface area (Å²) < 4.78 is 9.68. The van der Waals surface area contributed by atoms with Crippen LogP contribution in [0.1, 0.15) is 0 Å². The molecule has 2 N–H and O–H groups in total. The molecule has 0 bridgehead atoms. The Bertz CT molecular complexity index is 634. The highest BCUT2D eigenvalue weighted by Gasteiger charge is 2.07. The molecule has 0 aliphatic heterocycles. The van der Waals surface area contributed by atoms with Gasteiger partial charge in [0, 0.05) is 5.02 Å². The molecule has 0 saturated carbocycles. The van der Waals surface area contributed by atoms with Crippen LogP contribution in [0.25, 0.3) is 0 Å². The van der Waals surface area contributed by atoms with Crippen molar-refractivity contribution in [2.45, 2.75) is 0 Å². The van der Waals surface area contributed by atoms with Crippen molar-refractivity contribution >= 4 is 35.0 Å². The van der Waals surface area contributed by atoms with E-state index in [1.807, 2.05) is 0 Å². The van der Waals surface area contributed by atoms with Crippen LogP contribution in [0.5, 0.6) is 5.75 Å². The Morgan fingerprint density at radius 2 is 1.86 bits per heavy atom. The van der Waals surface area contributed by atoms with Gasteiger partial charge in [-0.05, 0) is 30.3 Å². The van der Waals surface area contributed by atoms with Gasteiger partial charge < -0.3 is 14.8 Å². The van der Waals surface area contributed by atoms with Crippen LogP contribution in [0.3, 0.4) is 0 Å². The highest BCUT2D eigenvalue weighted by atomic mass is 35.5. The standard InChI is InChI=1S/C13H13ClN4O3/c1-20-10-4-3-8(14)7-9(10)15-11-5-6-12(18-17-11)16-13(19)21-2/h3-7H,1-2H3,(H,15,17)(H,16,18,19). The van der Waals surface area contributed by atoms with Crippen LogP contribution in [0.4, 0.5) is 22.1 Å². The van der Waals surface area contributed by atoms with Gasteiger partial charge in [-0.1, -0.05) is 11.6 Å². The molecule has 0 aliphatic rings. The molecule has 21 heavy (non-hydrogen) atoms. The van der Waals surface area contributed by atoms with Gasteiger partial charge in [0.2, 0.25) is 0 Å². The number of hydrogen-bond acceptors (Lipinski definition) is 6. The number of hydrogen-bond donors (Lipinski definition) is 2. The minimum absolute atomic E-state index is 0.283. The summed E-state index contributed by atoms with van der Waals surface area (Å²) in [4.78, 5) is 11.0. The fraction of sp³-hybridized carbons (Fsp3) is 0.154. The molecule has 1 aromatic heterocycles. The number of rotatable bonds is 4. The van der Waals surface area contributed by atoms with Crippen LogP contribution < -0.4 is 15.4 Å². The molecular weight excluding hydrogens is 296 g/mol. The summed E-state index contributed by atoms with van der Waals surface area (Å²) in [7, 11) is 2.83. The van der Waals surface area contributed by atoms with E-state index < -0.39 is 6.09 Å². The van der Waals surface area contributed by atoms with Crippen LogP contribution in [0, 0.1) is 0 Å². The molecule has 0 radical (unpaired) electrons. The monoisotopic (exact) mass is 308 g/mol. The topological polar surface area (TPSA) is 85.4 Å². The number of amides is 1. The van der Waals surface area contributed by atoms with Gasteiger partial charge in [0.1, 0.15) is 5.75 Å². The zero-order valence-electron chi connectivity index (χ0n) is 11.4. The van der Waals surface area contributed by atoms with Gasteiger partial charge in [-0.2, -0.15) is 0 Å². The van der Waals surface area contributed by atoms with Crippen LogP contribution in [-0.4, -0.2) is 30.5 Å². The molecule has 110 valence electrons. The van der Waals surface area contributed by atoms with Gasteiger partial charge >= 0.3 is 6.09 Å². The van der Waals surface area contributed by atoms with E-state index in [1.165, 1.54) is 7.11 Å². The van der Waals surface area contributed by atoms with E-state index >= 15 is 0 Å². The molecule has 2 rings (SSSR count). The molecule has 1 amide bonds. The zero-order valence-corrected chi connectivity index (χ0v) is 12.1. The minimum Gasteiger partial charge on any atom is -0.495 e. The van der Waals surface area contributed by atoms with E-state index in [4.69, 9.17) is 16.3 Å². The Balaban J connectivity index is 2.13. The molecule has 0 atom stereocenters. The van der Waals surface area contributed by atoms with E-state index in [0.29, 0.717) is 22.3 Å². The second kappa shape index (κ2) is 6.76. The van der Waals surface area contributed by atoms with Crippen LogP contribution >= 0.6 is 11.6 Å². The molecular formula is C13H13ClN4O3. The fourth-order valence-corrected chi connectivity index (χ4v) is 1.71. The Kier molecular flexibility index (Phi) is 4.78. The third kappa shape index (κ3) is 3.96. The number of aromatic nitrogens is 2. The van der Waals surface area contributed by atoms with Crippen LogP contribution in [-0.2, 0) is 4.74 Å². The Morgan fingerprint density at radius 1 is 1.14 bits per heavy atom. The lowest BCUT2D eigenvalue weighted by molar-refractivity contribution is 0.187. The molecule has 0 unspecified atom stereocenters. The number of methoxy groups -OCH3 is 2. The van der Waals surface area contributed by atoms with Crippen molar-refractivity contribution in [1.29, 1.82) is 0 Å². The van der Waals surface area contributed by atoms with Crippen molar-refractivity contribution in [2.24, 2.45) is 0 Å². The predicted octanol–water partition coefficient (Wildman–Crippen LogP) is 3.06. The first-order valence-corrected chi connectivity index (χ1v) is 6.29. The quantitative estimate of drug-likeness (QED) is 0.903.